The van der Waals surface area contributed by atoms with Gasteiger partial charge in [-0.05, 0) is 30.9 Å². The monoisotopic (exact) mass is 507 g/mol. The molecule has 2 aromatic rings. The normalized spacial score (nSPS) is 11.8. The molecule has 0 saturated heterocycles. The maximum Gasteiger partial charge on any atom is 0.171 e. The van der Waals surface area contributed by atoms with E-state index in [4.69, 9.17) is 11.6 Å². The minimum absolute atomic E-state index is 0. The molecule has 1 atom stereocenters. The van der Waals surface area contributed by atoms with Gasteiger partial charge in [0.2, 0.25) is 0 Å². The van der Waals surface area contributed by atoms with Crippen molar-refractivity contribution in [2.45, 2.75) is 57.8 Å². The van der Waals surface area contributed by atoms with E-state index in [0.717, 1.165) is 0 Å². The van der Waals surface area contributed by atoms with Crippen LogP contribution in [-0.2, 0) is 32.7 Å². The number of aliphatic hydroxyl groups excluding tert-OH is 1. The van der Waals surface area contributed by atoms with Crippen molar-refractivity contribution < 1.29 is 41.7 Å². The van der Waals surface area contributed by atoms with Crippen molar-refractivity contribution in [3.63, 3.8) is 0 Å². The second-order valence-corrected chi connectivity index (χ2v) is 7.96. The van der Waals surface area contributed by atoms with Crippen LogP contribution in [0.5, 0.6) is 0 Å². The predicted octanol–water partition coefficient (Wildman–Crippen LogP) is 6.20. The van der Waals surface area contributed by atoms with Crippen LogP contribution in [0.1, 0.15) is 50.9 Å². The van der Waals surface area contributed by atoms with Gasteiger partial charge in [0, 0.05) is 37.7 Å². The van der Waals surface area contributed by atoms with Crippen molar-refractivity contribution in [2.24, 2.45) is 0 Å². The molecule has 0 saturated carbocycles. The predicted molar refractivity (Wildman–Crippen MR) is 112 cm³/mol. The number of aromatic nitrogens is 2. The molecule has 0 aliphatic rings. The fraction of sp³-hybridized carbons (Fsp3) is 0.500. The number of nitrogens with zero attached hydrogens (tertiary/aromatic N) is 3. The second kappa shape index (κ2) is 13.6. The van der Waals surface area contributed by atoms with Gasteiger partial charge in [0.25, 0.3) is 0 Å². The van der Waals surface area contributed by atoms with Gasteiger partial charge < -0.3 is 10.4 Å². The molecule has 1 aromatic heterocycles. The maximum atomic E-state index is 13.0. The molecule has 1 heterocycles. The summed E-state index contributed by atoms with van der Waals surface area (Å²) in [6.07, 6.45) is 0.847. The number of hydrogen-bond acceptors (Lipinski definition) is 4. The molecule has 0 bridgehead atoms. The fourth-order valence-corrected chi connectivity index (χ4v) is 3.59. The van der Waals surface area contributed by atoms with Crippen molar-refractivity contribution in [2.75, 3.05) is 6.26 Å². The van der Waals surface area contributed by atoms with Crippen molar-refractivity contribution in [1.82, 2.24) is 8.96 Å². The van der Waals surface area contributed by atoms with Crippen LogP contribution in [0.25, 0.3) is 5.32 Å². The number of rotatable bonds is 6. The molecule has 1 unspecified atom stereocenters. The first-order valence-electron chi connectivity index (χ1n) is 8.27. The van der Waals surface area contributed by atoms with Crippen LogP contribution < -0.4 is 0 Å². The van der Waals surface area contributed by atoms with Crippen LogP contribution in [0.3, 0.4) is 0 Å². The van der Waals surface area contributed by atoms with Crippen molar-refractivity contribution >= 4 is 35.7 Å². The van der Waals surface area contributed by atoms with E-state index in [1.165, 1.54) is 15.7 Å². The third kappa shape index (κ3) is 8.73. The topological polar surface area (TPSA) is 52.1 Å². The molecule has 2 rings (SSSR count). The van der Waals surface area contributed by atoms with E-state index < -0.39 is 6.10 Å². The molecule has 9 heteroatoms. The zero-order chi connectivity index (χ0) is 19.9. The Balaban J connectivity index is 0.000000728. The number of halogens is 2. The summed E-state index contributed by atoms with van der Waals surface area (Å²) in [4.78, 5) is 4.28. The van der Waals surface area contributed by atoms with Crippen molar-refractivity contribution in [1.29, 1.82) is 0 Å². The minimum Gasteiger partial charge on any atom is -0.658 e. The zero-order valence-electron chi connectivity index (χ0n) is 16.5. The van der Waals surface area contributed by atoms with Crippen LogP contribution in [0.15, 0.2) is 29.3 Å². The number of benzene rings is 1. The maximum absolute atomic E-state index is 13.0. The summed E-state index contributed by atoms with van der Waals surface area (Å²) in [7, 11) is 0. The number of aliphatic hydroxyl groups is 1. The number of thioether (sulfide) groups is 1. The molecule has 0 spiro atoms. The Morgan fingerprint density at radius 2 is 1.81 bits per heavy atom. The SMILES string of the molecule is CC(C)[N-]C(C)C.CSc1nc(C(O)c2cccc(Cl)c2)n(SF)c1C.[Y]. The first-order chi connectivity index (χ1) is 12.2. The zero-order valence-corrected chi connectivity index (χ0v) is 21.7. The summed E-state index contributed by atoms with van der Waals surface area (Å²) in [5, 5.41) is 15.8. The smallest absolute Gasteiger partial charge is 0.171 e. The molecule has 4 nitrogen and oxygen atoms in total. The van der Waals surface area contributed by atoms with Gasteiger partial charge in [-0.1, -0.05) is 51.4 Å². The van der Waals surface area contributed by atoms with E-state index in [9.17, 15) is 8.99 Å². The van der Waals surface area contributed by atoms with Crippen LogP contribution in [0.2, 0.25) is 5.02 Å². The van der Waals surface area contributed by atoms with Gasteiger partial charge in [-0.15, -0.1) is 27.7 Å². The summed E-state index contributed by atoms with van der Waals surface area (Å²) in [6, 6.07) is 7.82. The van der Waals surface area contributed by atoms with Gasteiger partial charge in [0.1, 0.15) is 11.1 Å². The largest absolute Gasteiger partial charge is 0.658 e. The summed E-state index contributed by atoms with van der Waals surface area (Å²) < 4.78 is 14.3. The van der Waals surface area contributed by atoms with E-state index in [-0.39, 0.29) is 50.9 Å². The molecule has 1 radical (unpaired) electrons. The Labute approximate surface area is 200 Å². The summed E-state index contributed by atoms with van der Waals surface area (Å²) in [5.74, 6) is 0.261. The van der Waals surface area contributed by atoms with Gasteiger partial charge in [0.05, 0.1) is 5.69 Å². The van der Waals surface area contributed by atoms with Crippen molar-refractivity contribution in [3.05, 3.63) is 51.7 Å². The van der Waals surface area contributed by atoms with E-state index in [0.29, 0.717) is 33.4 Å². The summed E-state index contributed by atoms with van der Waals surface area (Å²) >= 11 is 7.34. The minimum atomic E-state index is -1.01. The quantitative estimate of drug-likeness (QED) is 0.473. The number of hydrogen-bond donors (Lipinski definition) is 1. The van der Waals surface area contributed by atoms with Crippen LogP contribution in [-0.4, -0.2) is 32.4 Å². The van der Waals surface area contributed by atoms with E-state index in [1.54, 1.807) is 31.2 Å². The molecule has 1 N–H and O–H groups in total. The molecule has 0 amide bonds. The average Bonchev–Trinajstić information content (AvgIpc) is 2.89. The molecule has 149 valence electrons. The Kier molecular flexibility index (Phi) is 13.8. The average molecular weight is 508 g/mol. The molecule has 1 aromatic carbocycles. The first kappa shape index (κ1) is 27.4. The third-order valence-electron chi connectivity index (χ3n) is 3.31. The molecule has 0 aliphatic carbocycles. The Hall–Kier alpha value is 0.374. The van der Waals surface area contributed by atoms with E-state index in [2.05, 4.69) is 38.0 Å². The first-order valence-corrected chi connectivity index (χ1v) is 10.5. The van der Waals surface area contributed by atoms with Crippen molar-refractivity contribution in [3.8, 4) is 0 Å². The third-order valence-corrected chi connectivity index (χ3v) is 4.91. The van der Waals surface area contributed by atoms with Gasteiger partial charge in [-0.25, -0.2) is 8.96 Å². The van der Waals surface area contributed by atoms with Crippen LogP contribution in [0.4, 0.5) is 3.89 Å². The van der Waals surface area contributed by atoms with Gasteiger partial charge >= 0.3 is 0 Å². The second-order valence-electron chi connectivity index (χ2n) is 6.22. The van der Waals surface area contributed by atoms with Gasteiger partial charge in [-0.3, -0.25) is 0 Å². The van der Waals surface area contributed by atoms with Gasteiger partial charge in [0.15, 0.2) is 18.2 Å². The molecule has 27 heavy (non-hydrogen) atoms. The number of imidazole rings is 1. The molecular formula is C18H26ClFN3OS2Y-. The Morgan fingerprint density at radius 1 is 1.22 bits per heavy atom. The Bertz CT molecular complexity index is 695. The Morgan fingerprint density at radius 3 is 2.22 bits per heavy atom. The fourth-order valence-electron chi connectivity index (χ4n) is 2.36. The van der Waals surface area contributed by atoms with E-state index in [1.807, 2.05) is 6.26 Å². The molecule has 0 aliphatic heterocycles. The summed E-state index contributed by atoms with van der Waals surface area (Å²) in [6.45, 7) is 10.2. The van der Waals surface area contributed by atoms with Gasteiger partial charge in [-0.2, -0.15) is 0 Å². The van der Waals surface area contributed by atoms with E-state index >= 15 is 0 Å². The van der Waals surface area contributed by atoms with Crippen LogP contribution in [0, 0.1) is 6.92 Å². The summed E-state index contributed by atoms with van der Waals surface area (Å²) in [5.41, 5.74) is 1.26. The standard InChI is InChI=1S/C12H12ClFN2OS2.C6H14N.Y/c1-7-12(18-2)15-11(16(7)19-14)10(17)8-4-3-5-9(13)6-8;1-5(2)7-6(3)4;/h3-6,10,17H,1-2H3;5-6H,1-4H3;/q;-1;. The molecule has 0 fully saturated rings. The molecular weight excluding hydrogens is 482 g/mol. The van der Waals surface area contributed by atoms with Crippen LogP contribution >= 0.6 is 35.7 Å².